The number of hydrogen-bond acceptors (Lipinski definition) is 3. The van der Waals surface area contributed by atoms with Gasteiger partial charge in [-0.25, -0.2) is 0 Å². The monoisotopic (exact) mass is 387 g/mol. The third-order valence-corrected chi connectivity index (χ3v) is 4.73. The average molecular weight is 387 g/mol. The van der Waals surface area contributed by atoms with Crippen LogP contribution in [-0.4, -0.2) is 18.8 Å². The van der Waals surface area contributed by atoms with Gasteiger partial charge in [0.05, 0.1) is 7.11 Å². The maximum Gasteiger partial charge on any atom is 0.255 e. The van der Waals surface area contributed by atoms with E-state index < -0.39 is 0 Å². The van der Waals surface area contributed by atoms with Crippen molar-refractivity contribution in [3.63, 3.8) is 0 Å². The Morgan fingerprint density at radius 1 is 0.793 bits per heavy atom. The summed E-state index contributed by atoms with van der Waals surface area (Å²) < 4.78 is 5.16. The minimum atomic E-state index is -0.261. The molecule has 0 heterocycles. The first-order valence-electron chi connectivity index (χ1n) is 9.48. The van der Waals surface area contributed by atoms with Gasteiger partial charge in [0.1, 0.15) is 5.75 Å². The van der Waals surface area contributed by atoms with Gasteiger partial charge in [-0.3, -0.25) is 9.59 Å². The van der Waals surface area contributed by atoms with Crippen LogP contribution >= 0.6 is 0 Å². The SMILES string of the molecule is COc1cccc(C(=O)Nc2cccc(C(=O)c3ccc(C(C)(C)C)cc3)c2)c1. The van der Waals surface area contributed by atoms with Crippen molar-refractivity contribution >= 4 is 17.4 Å². The molecule has 148 valence electrons. The second-order valence-corrected chi connectivity index (χ2v) is 7.92. The molecule has 0 aliphatic carbocycles. The molecule has 29 heavy (non-hydrogen) atoms. The van der Waals surface area contributed by atoms with Crippen LogP contribution < -0.4 is 10.1 Å². The lowest BCUT2D eigenvalue weighted by Crippen LogP contribution is -2.13. The number of carbonyl (C=O) groups excluding carboxylic acids is 2. The van der Waals surface area contributed by atoms with E-state index in [9.17, 15) is 9.59 Å². The van der Waals surface area contributed by atoms with E-state index in [0.717, 1.165) is 0 Å². The predicted octanol–water partition coefficient (Wildman–Crippen LogP) is 5.48. The zero-order chi connectivity index (χ0) is 21.0. The van der Waals surface area contributed by atoms with Crippen LogP contribution in [0.3, 0.4) is 0 Å². The average Bonchev–Trinajstić information content (AvgIpc) is 2.73. The minimum Gasteiger partial charge on any atom is -0.497 e. The van der Waals surface area contributed by atoms with E-state index in [1.54, 1.807) is 55.6 Å². The van der Waals surface area contributed by atoms with Crippen LogP contribution in [0, 0.1) is 0 Å². The summed E-state index contributed by atoms with van der Waals surface area (Å²) in [5.74, 6) is 0.270. The molecule has 0 radical (unpaired) electrons. The van der Waals surface area contributed by atoms with Crippen LogP contribution in [0.5, 0.6) is 5.75 Å². The number of ketones is 1. The molecule has 3 aromatic rings. The molecule has 4 heteroatoms. The highest BCUT2D eigenvalue weighted by atomic mass is 16.5. The van der Waals surface area contributed by atoms with E-state index in [1.165, 1.54) is 5.56 Å². The van der Waals surface area contributed by atoms with Gasteiger partial charge in [0, 0.05) is 22.4 Å². The fraction of sp³-hybridized carbons (Fsp3) is 0.200. The number of ether oxygens (including phenoxy) is 1. The van der Waals surface area contributed by atoms with E-state index >= 15 is 0 Å². The van der Waals surface area contributed by atoms with Crippen LogP contribution in [0.15, 0.2) is 72.8 Å². The first-order valence-corrected chi connectivity index (χ1v) is 9.48. The zero-order valence-corrected chi connectivity index (χ0v) is 17.2. The summed E-state index contributed by atoms with van der Waals surface area (Å²) >= 11 is 0. The van der Waals surface area contributed by atoms with Crippen molar-refractivity contribution in [2.45, 2.75) is 26.2 Å². The van der Waals surface area contributed by atoms with Gasteiger partial charge in [-0.2, -0.15) is 0 Å². The first kappa shape index (κ1) is 20.3. The number of carbonyl (C=O) groups is 2. The maximum absolute atomic E-state index is 12.9. The minimum absolute atomic E-state index is 0.0336. The maximum atomic E-state index is 12.9. The first-order chi connectivity index (χ1) is 13.8. The lowest BCUT2D eigenvalue weighted by Gasteiger charge is -2.19. The van der Waals surface area contributed by atoms with Crippen LogP contribution in [0.4, 0.5) is 5.69 Å². The Morgan fingerprint density at radius 3 is 2.10 bits per heavy atom. The number of nitrogens with one attached hydrogen (secondary N) is 1. The fourth-order valence-electron chi connectivity index (χ4n) is 2.99. The Bertz CT molecular complexity index is 1030. The summed E-state index contributed by atoms with van der Waals surface area (Å²) in [6, 6.07) is 21.6. The molecule has 0 bridgehead atoms. The summed E-state index contributed by atoms with van der Waals surface area (Å²) in [4.78, 5) is 25.4. The van der Waals surface area contributed by atoms with E-state index in [-0.39, 0.29) is 17.1 Å². The summed E-state index contributed by atoms with van der Waals surface area (Å²) in [6.07, 6.45) is 0. The molecule has 3 rings (SSSR count). The number of methoxy groups -OCH3 is 1. The molecule has 0 saturated carbocycles. The molecule has 0 aliphatic heterocycles. The topological polar surface area (TPSA) is 55.4 Å². The fourth-order valence-corrected chi connectivity index (χ4v) is 2.99. The molecule has 1 amide bonds. The predicted molar refractivity (Wildman–Crippen MR) is 116 cm³/mol. The number of hydrogen-bond donors (Lipinski definition) is 1. The van der Waals surface area contributed by atoms with Crippen LogP contribution in [-0.2, 0) is 5.41 Å². The van der Waals surface area contributed by atoms with Crippen LogP contribution in [0.1, 0.15) is 52.6 Å². The zero-order valence-electron chi connectivity index (χ0n) is 17.2. The lowest BCUT2D eigenvalue weighted by atomic mass is 9.86. The van der Waals surface area contributed by atoms with Crippen molar-refractivity contribution in [3.8, 4) is 5.75 Å². The highest BCUT2D eigenvalue weighted by molar-refractivity contribution is 6.10. The molecule has 0 aliphatic rings. The number of anilines is 1. The molecule has 1 N–H and O–H groups in total. The smallest absolute Gasteiger partial charge is 0.255 e. The second-order valence-electron chi connectivity index (χ2n) is 7.92. The highest BCUT2D eigenvalue weighted by Crippen LogP contribution is 2.23. The number of rotatable bonds is 5. The Labute approximate surface area is 171 Å². The van der Waals surface area contributed by atoms with Gasteiger partial charge >= 0.3 is 0 Å². The summed E-state index contributed by atoms with van der Waals surface area (Å²) in [6.45, 7) is 6.41. The van der Waals surface area contributed by atoms with Crippen molar-refractivity contribution in [1.29, 1.82) is 0 Å². The van der Waals surface area contributed by atoms with E-state index in [1.807, 2.05) is 24.3 Å². The number of benzene rings is 3. The van der Waals surface area contributed by atoms with Gasteiger partial charge in [-0.15, -0.1) is 0 Å². The number of amides is 1. The van der Waals surface area contributed by atoms with Gasteiger partial charge in [0.25, 0.3) is 5.91 Å². The molecule has 0 unspecified atom stereocenters. The quantitative estimate of drug-likeness (QED) is 0.590. The van der Waals surface area contributed by atoms with Crippen molar-refractivity contribution in [2.24, 2.45) is 0 Å². The standard InChI is InChI=1S/C25H25NO3/c1-25(2,3)20-13-11-17(12-14-20)23(27)18-7-5-9-21(15-18)26-24(28)19-8-6-10-22(16-19)29-4/h5-16H,1-4H3,(H,26,28). The molecular formula is C25H25NO3. The third kappa shape index (κ3) is 4.91. The highest BCUT2D eigenvalue weighted by Gasteiger charge is 2.15. The van der Waals surface area contributed by atoms with Gasteiger partial charge in [0.15, 0.2) is 5.78 Å². The summed E-state index contributed by atoms with van der Waals surface area (Å²) in [5.41, 5.74) is 3.40. The van der Waals surface area contributed by atoms with E-state index in [2.05, 4.69) is 26.1 Å². The van der Waals surface area contributed by atoms with Crippen molar-refractivity contribution in [2.75, 3.05) is 12.4 Å². The normalized spacial score (nSPS) is 11.0. The Balaban J connectivity index is 1.78. The Kier molecular flexibility index (Phi) is 5.83. The van der Waals surface area contributed by atoms with Gasteiger partial charge < -0.3 is 10.1 Å². The molecule has 4 nitrogen and oxygen atoms in total. The molecule has 0 saturated heterocycles. The molecule has 0 spiro atoms. The lowest BCUT2D eigenvalue weighted by molar-refractivity contribution is 0.102. The van der Waals surface area contributed by atoms with Crippen molar-refractivity contribution in [3.05, 3.63) is 95.1 Å². The Hall–Kier alpha value is -3.40. The van der Waals surface area contributed by atoms with Gasteiger partial charge in [-0.05, 0) is 41.3 Å². The largest absolute Gasteiger partial charge is 0.497 e. The molecule has 3 aromatic carbocycles. The Morgan fingerprint density at radius 2 is 1.45 bits per heavy atom. The second kappa shape index (κ2) is 8.31. The van der Waals surface area contributed by atoms with Crippen LogP contribution in [0.2, 0.25) is 0 Å². The van der Waals surface area contributed by atoms with Crippen molar-refractivity contribution < 1.29 is 14.3 Å². The third-order valence-electron chi connectivity index (χ3n) is 4.73. The van der Waals surface area contributed by atoms with E-state index in [0.29, 0.717) is 28.1 Å². The summed E-state index contributed by atoms with van der Waals surface area (Å²) in [7, 11) is 1.56. The van der Waals surface area contributed by atoms with E-state index in [4.69, 9.17) is 4.74 Å². The van der Waals surface area contributed by atoms with Crippen molar-refractivity contribution in [1.82, 2.24) is 0 Å². The van der Waals surface area contributed by atoms with Gasteiger partial charge in [-0.1, -0.05) is 63.2 Å². The molecule has 0 atom stereocenters. The van der Waals surface area contributed by atoms with Gasteiger partial charge in [0.2, 0.25) is 0 Å². The van der Waals surface area contributed by atoms with Crippen LogP contribution in [0.25, 0.3) is 0 Å². The molecule has 0 aromatic heterocycles. The molecular weight excluding hydrogens is 362 g/mol. The summed E-state index contributed by atoms with van der Waals surface area (Å²) in [5, 5.41) is 2.84. The molecule has 0 fully saturated rings.